The van der Waals surface area contributed by atoms with Crippen LogP contribution in [0.2, 0.25) is 5.02 Å². The number of aliphatic hydroxyl groups excluding tert-OH is 1. The first-order valence-corrected chi connectivity index (χ1v) is 8.90. The molecule has 2 aromatic rings. The second-order valence-corrected chi connectivity index (χ2v) is 6.71. The Kier molecular flexibility index (Phi) is 5.84. The normalized spacial score (nSPS) is 19.0. The van der Waals surface area contributed by atoms with Crippen molar-refractivity contribution in [3.8, 4) is 11.5 Å². The summed E-state index contributed by atoms with van der Waals surface area (Å²) in [5.74, 6) is 1.46. The first-order chi connectivity index (χ1) is 12.1. The van der Waals surface area contributed by atoms with Crippen LogP contribution >= 0.6 is 11.6 Å². The monoisotopic (exact) mass is 361 g/mol. The van der Waals surface area contributed by atoms with E-state index >= 15 is 0 Å². The van der Waals surface area contributed by atoms with Crippen molar-refractivity contribution in [1.82, 2.24) is 4.90 Å². The molecule has 0 saturated carbocycles. The van der Waals surface area contributed by atoms with Crippen molar-refractivity contribution >= 4 is 11.6 Å². The lowest BCUT2D eigenvalue weighted by Crippen LogP contribution is -2.28. The van der Waals surface area contributed by atoms with E-state index in [0.29, 0.717) is 11.6 Å². The van der Waals surface area contributed by atoms with Crippen LogP contribution in [0.25, 0.3) is 0 Å². The van der Waals surface area contributed by atoms with Crippen LogP contribution in [0.4, 0.5) is 0 Å². The number of methoxy groups -OCH3 is 2. The Labute approximate surface area is 153 Å². The predicted octanol–water partition coefficient (Wildman–Crippen LogP) is 4.23. The molecule has 1 fully saturated rings. The molecular formula is C20H24ClNO3. The minimum absolute atomic E-state index is 0.261. The highest BCUT2D eigenvalue weighted by Gasteiger charge is 2.29. The first-order valence-electron chi connectivity index (χ1n) is 8.52. The van der Waals surface area contributed by atoms with Crippen LogP contribution < -0.4 is 9.47 Å². The molecule has 1 aliphatic heterocycles. The van der Waals surface area contributed by atoms with Gasteiger partial charge in [-0.3, -0.25) is 4.90 Å². The molecule has 2 atom stereocenters. The standard InChI is InChI=1S/C20H24ClNO3/c1-24-19-10-9-14(12-20(19)25-2)17-8-5-11-22(17)13-18(23)15-6-3-4-7-16(15)21/h3-4,6-7,9-10,12,17-18,23H,5,8,11,13H2,1-2H3. The Bertz CT molecular complexity index is 722. The maximum absolute atomic E-state index is 10.6. The van der Waals surface area contributed by atoms with Gasteiger partial charge in [-0.2, -0.15) is 0 Å². The lowest BCUT2D eigenvalue weighted by atomic mass is 10.0. The molecule has 0 spiro atoms. The Hall–Kier alpha value is -1.75. The molecule has 1 saturated heterocycles. The fraction of sp³-hybridized carbons (Fsp3) is 0.400. The number of nitrogens with zero attached hydrogens (tertiary/aromatic N) is 1. The largest absolute Gasteiger partial charge is 0.493 e. The number of aliphatic hydroxyl groups is 1. The number of β-amino-alcohol motifs (C(OH)–C–C–N with tert-alkyl or cyclic N) is 1. The minimum Gasteiger partial charge on any atom is -0.493 e. The molecule has 0 aliphatic carbocycles. The van der Waals surface area contributed by atoms with E-state index in [1.165, 1.54) is 5.56 Å². The maximum Gasteiger partial charge on any atom is 0.161 e. The van der Waals surface area contributed by atoms with E-state index in [1.807, 2.05) is 36.4 Å². The fourth-order valence-electron chi connectivity index (χ4n) is 3.55. The van der Waals surface area contributed by atoms with E-state index < -0.39 is 6.10 Å². The van der Waals surface area contributed by atoms with Crippen molar-refractivity contribution in [2.24, 2.45) is 0 Å². The summed E-state index contributed by atoms with van der Waals surface area (Å²) in [5, 5.41) is 11.2. The highest BCUT2D eigenvalue weighted by atomic mass is 35.5. The zero-order chi connectivity index (χ0) is 17.8. The second kappa shape index (κ2) is 8.09. The van der Waals surface area contributed by atoms with Crippen LogP contribution in [0, 0.1) is 0 Å². The van der Waals surface area contributed by atoms with Crippen LogP contribution in [0.1, 0.15) is 36.1 Å². The molecular weight excluding hydrogens is 338 g/mol. The number of halogens is 1. The molecule has 25 heavy (non-hydrogen) atoms. The molecule has 1 aliphatic rings. The first kappa shape index (κ1) is 18.1. The predicted molar refractivity (Wildman–Crippen MR) is 99.5 cm³/mol. The zero-order valence-corrected chi connectivity index (χ0v) is 15.4. The van der Waals surface area contributed by atoms with E-state index in [2.05, 4.69) is 11.0 Å². The van der Waals surface area contributed by atoms with Gasteiger partial charge in [0, 0.05) is 23.2 Å². The molecule has 0 bridgehead atoms. The van der Waals surface area contributed by atoms with Crippen molar-refractivity contribution in [2.75, 3.05) is 27.3 Å². The van der Waals surface area contributed by atoms with Gasteiger partial charge in [0.15, 0.2) is 11.5 Å². The average molecular weight is 362 g/mol. The van der Waals surface area contributed by atoms with Gasteiger partial charge in [0.25, 0.3) is 0 Å². The van der Waals surface area contributed by atoms with Crippen LogP contribution in [0.5, 0.6) is 11.5 Å². The molecule has 0 aromatic heterocycles. The Balaban J connectivity index is 1.78. The smallest absolute Gasteiger partial charge is 0.161 e. The number of likely N-dealkylation sites (tertiary alicyclic amines) is 1. The summed E-state index contributed by atoms with van der Waals surface area (Å²) in [6.45, 7) is 1.52. The van der Waals surface area contributed by atoms with Crippen LogP contribution in [-0.2, 0) is 0 Å². The van der Waals surface area contributed by atoms with E-state index in [1.54, 1.807) is 14.2 Å². The third-order valence-corrected chi connectivity index (χ3v) is 5.17. The number of benzene rings is 2. The van der Waals surface area contributed by atoms with Gasteiger partial charge >= 0.3 is 0 Å². The summed E-state index contributed by atoms with van der Waals surface area (Å²) in [4.78, 5) is 2.31. The number of hydrogen-bond donors (Lipinski definition) is 1. The third kappa shape index (κ3) is 3.92. The van der Waals surface area contributed by atoms with E-state index in [4.69, 9.17) is 21.1 Å². The summed E-state index contributed by atoms with van der Waals surface area (Å²) >= 11 is 6.22. The summed E-state index contributed by atoms with van der Waals surface area (Å²) in [6.07, 6.45) is 1.56. The molecule has 134 valence electrons. The molecule has 2 unspecified atom stereocenters. The van der Waals surface area contributed by atoms with Gasteiger partial charge in [-0.05, 0) is 43.1 Å². The minimum atomic E-state index is -0.602. The average Bonchev–Trinajstić information content (AvgIpc) is 3.09. The Morgan fingerprint density at radius 3 is 2.64 bits per heavy atom. The zero-order valence-electron chi connectivity index (χ0n) is 14.6. The van der Waals surface area contributed by atoms with Crippen LogP contribution in [0.15, 0.2) is 42.5 Å². The van der Waals surface area contributed by atoms with Crippen LogP contribution in [-0.4, -0.2) is 37.3 Å². The number of hydrogen-bond acceptors (Lipinski definition) is 4. The van der Waals surface area contributed by atoms with Gasteiger partial charge in [-0.1, -0.05) is 35.9 Å². The number of rotatable bonds is 6. The molecule has 4 nitrogen and oxygen atoms in total. The SMILES string of the molecule is COc1ccc(C2CCCN2CC(O)c2ccccc2Cl)cc1OC. The molecule has 1 heterocycles. The van der Waals surface area contributed by atoms with Gasteiger partial charge in [0.2, 0.25) is 0 Å². The molecule has 2 aromatic carbocycles. The highest BCUT2D eigenvalue weighted by molar-refractivity contribution is 6.31. The Morgan fingerprint density at radius 1 is 1.16 bits per heavy atom. The summed E-state index contributed by atoms with van der Waals surface area (Å²) in [6, 6.07) is 13.8. The van der Waals surface area contributed by atoms with Gasteiger partial charge < -0.3 is 14.6 Å². The van der Waals surface area contributed by atoms with Crippen molar-refractivity contribution < 1.29 is 14.6 Å². The van der Waals surface area contributed by atoms with E-state index in [-0.39, 0.29) is 6.04 Å². The summed E-state index contributed by atoms with van der Waals surface area (Å²) in [5.41, 5.74) is 1.96. The lowest BCUT2D eigenvalue weighted by Gasteiger charge is -2.28. The van der Waals surface area contributed by atoms with Crippen LogP contribution in [0.3, 0.4) is 0 Å². The van der Waals surface area contributed by atoms with Crippen molar-refractivity contribution in [2.45, 2.75) is 25.0 Å². The number of ether oxygens (including phenoxy) is 2. The highest BCUT2D eigenvalue weighted by Crippen LogP contribution is 2.38. The van der Waals surface area contributed by atoms with Crippen molar-refractivity contribution in [3.63, 3.8) is 0 Å². The van der Waals surface area contributed by atoms with Crippen molar-refractivity contribution in [3.05, 3.63) is 58.6 Å². The summed E-state index contributed by atoms with van der Waals surface area (Å²) < 4.78 is 10.8. The molecule has 1 N–H and O–H groups in total. The van der Waals surface area contributed by atoms with E-state index in [0.717, 1.165) is 36.4 Å². The molecule has 0 radical (unpaired) electrons. The fourth-order valence-corrected chi connectivity index (χ4v) is 3.81. The van der Waals surface area contributed by atoms with Crippen molar-refractivity contribution in [1.29, 1.82) is 0 Å². The van der Waals surface area contributed by atoms with Gasteiger partial charge in [0.1, 0.15) is 0 Å². The topological polar surface area (TPSA) is 41.9 Å². The van der Waals surface area contributed by atoms with Gasteiger partial charge in [-0.15, -0.1) is 0 Å². The molecule has 5 heteroatoms. The molecule has 3 rings (SSSR count). The second-order valence-electron chi connectivity index (χ2n) is 6.30. The lowest BCUT2D eigenvalue weighted by molar-refractivity contribution is 0.106. The Morgan fingerprint density at radius 2 is 1.92 bits per heavy atom. The summed E-state index contributed by atoms with van der Waals surface area (Å²) in [7, 11) is 3.29. The van der Waals surface area contributed by atoms with E-state index in [9.17, 15) is 5.11 Å². The third-order valence-electron chi connectivity index (χ3n) is 4.83. The van der Waals surface area contributed by atoms with Gasteiger partial charge in [-0.25, -0.2) is 0 Å². The maximum atomic E-state index is 10.6. The molecule has 0 amide bonds. The quantitative estimate of drug-likeness (QED) is 0.836. The van der Waals surface area contributed by atoms with Gasteiger partial charge in [0.05, 0.1) is 20.3 Å².